The van der Waals surface area contributed by atoms with Gasteiger partial charge in [0.2, 0.25) is 0 Å². The molecule has 0 rings (SSSR count). The minimum atomic E-state index is -4.89. The molecule has 0 bridgehead atoms. The average molecular weight is 275 g/mol. The van der Waals surface area contributed by atoms with Crippen molar-refractivity contribution in [2.24, 2.45) is 0 Å². The summed E-state index contributed by atoms with van der Waals surface area (Å²) in [5, 5.41) is 9.58. The molecule has 0 aliphatic heterocycles. The number of hydrogen-bond donors (Lipinski definition) is 3. The van der Waals surface area contributed by atoms with Gasteiger partial charge in [0.05, 0.1) is 0 Å². The topological polar surface area (TPSA) is 86.6 Å². The number of aliphatic hydroxyl groups is 1. The van der Waals surface area contributed by atoms with E-state index < -0.39 is 28.4 Å². The van der Waals surface area contributed by atoms with Crippen molar-refractivity contribution < 1.29 is 26.9 Å². The van der Waals surface area contributed by atoms with Crippen molar-refractivity contribution in [3.8, 4) is 0 Å². The number of halogens is 2. The predicted octanol–water partition coefficient (Wildman–Crippen LogP) is 1.69. The Kier molecular flexibility index (Phi) is 5.92. The molecule has 0 radical (unpaired) electrons. The molecule has 0 spiro atoms. The van der Waals surface area contributed by atoms with Crippen molar-refractivity contribution in [2.75, 3.05) is 0 Å². The third kappa shape index (κ3) is 6.25. The highest BCUT2D eigenvalue weighted by atomic mass is 32.2. The van der Waals surface area contributed by atoms with Crippen LogP contribution in [0.2, 0.25) is 0 Å². The summed E-state index contributed by atoms with van der Waals surface area (Å²) in [5.41, 5.74) is -2.95. The average Bonchev–Trinajstić information content (AvgIpc) is 2.08. The quantitative estimate of drug-likeness (QED) is 0.357. The van der Waals surface area contributed by atoms with Gasteiger partial charge in [-0.25, -0.2) is 8.78 Å². The Morgan fingerprint density at radius 1 is 1.24 bits per heavy atom. The summed E-state index contributed by atoms with van der Waals surface area (Å²) in [4.78, 5) is 0. The summed E-state index contributed by atoms with van der Waals surface area (Å²) < 4.78 is 57.0. The summed E-state index contributed by atoms with van der Waals surface area (Å²) in [6, 6.07) is 0. The highest BCUT2D eigenvalue weighted by Gasteiger charge is 2.50. The zero-order valence-corrected chi connectivity index (χ0v) is 10.7. The number of rotatable bonds is 8. The van der Waals surface area contributed by atoms with Crippen molar-refractivity contribution in [1.29, 1.82) is 0 Å². The molecule has 104 valence electrons. The van der Waals surface area contributed by atoms with Crippen molar-refractivity contribution in [1.82, 2.24) is 4.72 Å². The van der Waals surface area contributed by atoms with E-state index in [4.69, 9.17) is 4.55 Å². The molecule has 0 aliphatic carbocycles. The monoisotopic (exact) mass is 275 g/mol. The molecule has 0 aliphatic rings. The SMILES string of the molecule is CCCCCCC(O)(NS(=O)(=O)O)C(C)(F)F. The molecular weight excluding hydrogens is 256 g/mol. The smallest absolute Gasteiger partial charge is 0.335 e. The zero-order valence-electron chi connectivity index (χ0n) is 9.91. The molecule has 0 amide bonds. The molecule has 5 nitrogen and oxygen atoms in total. The standard InChI is InChI=1S/C9H19F2NO4S/c1-3-4-5-6-7-9(13,8(2,10)11)12-17(14,15)16/h12-13H,3-7H2,1-2H3,(H,14,15,16). The Morgan fingerprint density at radius 3 is 2.12 bits per heavy atom. The van der Waals surface area contributed by atoms with Crippen LogP contribution in [-0.4, -0.2) is 29.7 Å². The Hall–Kier alpha value is -0.310. The van der Waals surface area contributed by atoms with Crippen molar-refractivity contribution >= 4 is 10.3 Å². The summed E-state index contributed by atoms with van der Waals surface area (Å²) in [7, 11) is -4.89. The van der Waals surface area contributed by atoms with Gasteiger partial charge in [0.25, 0.3) is 5.92 Å². The zero-order chi connectivity index (χ0) is 13.7. The first-order valence-electron chi connectivity index (χ1n) is 5.38. The molecule has 0 fully saturated rings. The lowest BCUT2D eigenvalue weighted by Gasteiger charge is -2.33. The highest BCUT2D eigenvalue weighted by Crippen LogP contribution is 2.31. The molecule has 0 aromatic carbocycles. The Labute approximate surface area is 100 Å². The molecule has 1 unspecified atom stereocenters. The lowest BCUT2D eigenvalue weighted by atomic mass is 10.00. The maximum atomic E-state index is 13.1. The van der Waals surface area contributed by atoms with Crippen molar-refractivity contribution in [2.45, 2.75) is 57.6 Å². The van der Waals surface area contributed by atoms with Crippen LogP contribution in [0.3, 0.4) is 0 Å². The summed E-state index contributed by atoms with van der Waals surface area (Å²) in [6.45, 7) is 2.32. The minimum Gasteiger partial charge on any atom is -0.369 e. The van der Waals surface area contributed by atoms with E-state index in [9.17, 15) is 22.3 Å². The van der Waals surface area contributed by atoms with Crippen LogP contribution in [0, 0.1) is 0 Å². The lowest BCUT2D eigenvalue weighted by Crippen LogP contribution is -2.59. The number of nitrogens with one attached hydrogen (secondary N) is 1. The van der Waals surface area contributed by atoms with Crippen LogP contribution in [0.1, 0.15) is 46.0 Å². The minimum absolute atomic E-state index is 0.232. The molecule has 0 aromatic rings. The third-order valence-corrected chi connectivity index (χ3v) is 3.01. The second kappa shape index (κ2) is 6.03. The van der Waals surface area contributed by atoms with E-state index in [1.165, 1.54) is 4.72 Å². The molecule has 0 heterocycles. The van der Waals surface area contributed by atoms with Gasteiger partial charge >= 0.3 is 10.3 Å². The number of alkyl halides is 2. The first-order chi connectivity index (χ1) is 7.52. The van der Waals surface area contributed by atoms with E-state index in [0.29, 0.717) is 13.3 Å². The van der Waals surface area contributed by atoms with Crippen LogP contribution < -0.4 is 4.72 Å². The van der Waals surface area contributed by atoms with Crippen LogP contribution in [-0.2, 0) is 10.3 Å². The molecule has 1 atom stereocenters. The summed E-state index contributed by atoms with van der Waals surface area (Å²) in [6.07, 6.45) is 2.05. The fraction of sp³-hybridized carbons (Fsp3) is 1.00. The van der Waals surface area contributed by atoms with Crippen molar-refractivity contribution in [3.63, 3.8) is 0 Å². The fourth-order valence-corrected chi connectivity index (χ4v) is 2.09. The Bertz CT molecular complexity index is 328. The van der Waals surface area contributed by atoms with E-state index >= 15 is 0 Å². The van der Waals surface area contributed by atoms with Gasteiger partial charge in [0.15, 0.2) is 5.72 Å². The molecule has 0 saturated carbocycles. The van der Waals surface area contributed by atoms with E-state index in [1.54, 1.807) is 0 Å². The van der Waals surface area contributed by atoms with E-state index in [0.717, 1.165) is 12.8 Å². The molecule has 0 saturated heterocycles. The predicted molar refractivity (Wildman–Crippen MR) is 59.0 cm³/mol. The third-order valence-electron chi connectivity index (χ3n) is 2.42. The second-order valence-electron chi connectivity index (χ2n) is 4.14. The van der Waals surface area contributed by atoms with Gasteiger partial charge < -0.3 is 5.11 Å². The highest BCUT2D eigenvalue weighted by molar-refractivity contribution is 7.83. The first-order valence-corrected chi connectivity index (χ1v) is 6.82. The van der Waals surface area contributed by atoms with E-state index in [-0.39, 0.29) is 6.42 Å². The van der Waals surface area contributed by atoms with Crippen LogP contribution in [0.15, 0.2) is 0 Å². The molecular formula is C9H19F2NO4S. The molecule has 8 heteroatoms. The Balaban J connectivity index is 4.64. The van der Waals surface area contributed by atoms with Crippen LogP contribution >= 0.6 is 0 Å². The maximum absolute atomic E-state index is 13.1. The van der Waals surface area contributed by atoms with Gasteiger partial charge in [-0.15, -0.1) is 0 Å². The van der Waals surface area contributed by atoms with Crippen LogP contribution in [0.25, 0.3) is 0 Å². The summed E-state index contributed by atoms with van der Waals surface area (Å²) in [5.74, 6) is -3.69. The normalized spacial score (nSPS) is 16.8. The van der Waals surface area contributed by atoms with Gasteiger partial charge in [0.1, 0.15) is 0 Å². The number of hydrogen-bond acceptors (Lipinski definition) is 3. The van der Waals surface area contributed by atoms with Gasteiger partial charge in [-0.05, 0) is 12.8 Å². The van der Waals surface area contributed by atoms with Gasteiger partial charge in [0, 0.05) is 6.92 Å². The Morgan fingerprint density at radius 2 is 1.76 bits per heavy atom. The first kappa shape index (κ1) is 16.7. The van der Waals surface area contributed by atoms with E-state index in [2.05, 4.69) is 0 Å². The van der Waals surface area contributed by atoms with Gasteiger partial charge in [-0.1, -0.05) is 26.2 Å². The number of unbranched alkanes of at least 4 members (excludes halogenated alkanes) is 3. The van der Waals surface area contributed by atoms with Crippen molar-refractivity contribution in [3.05, 3.63) is 0 Å². The fourth-order valence-electron chi connectivity index (χ4n) is 1.38. The van der Waals surface area contributed by atoms with E-state index in [1.807, 2.05) is 6.92 Å². The lowest BCUT2D eigenvalue weighted by molar-refractivity contribution is -0.181. The summed E-state index contributed by atoms with van der Waals surface area (Å²) >= 11 is 0. The largest absolute Gasteiger partial charge is 0.369 e. The maximum Gasteiger partial charge on any atom is 0.335 e. The molecule has 3 N–H and O–H groups in total. The molecule has 0 aromatic heterocycles. The van der Waals surface area contributed by atoms with Gasteiger partial charge in [-0.3, -0.25) is 4.55 Å². The van der Waals surface area contributed by atoms with Crippen LogP contribution in [0.4, 0.5) is 8.78 Å². The second-order valence-corrected chi connectivity index (χ2v) is 5.29. The molecule has 17 heavy (non-hydrogen) atoms. The van der Waals surface area contributed by atoms with Gasteiger partial charge in [-0.2, -0.15) is 13.1 Å². The van der Waals surface area contributed by atoms with Crippen LogP contribution in [0.5, 0.6) is 0 Å².